The number of aliphatic imine (C=N–C) groups is 1. The summed E-state index contributed by atoms with van der Waals surface area (Å²) in [5.74, 6) is 3.02. The molecule has 0 saturated heterocycles. The van der Waals surface area contributed by atoms with Crippen molar-refractivity contribution < 1.29 is 4.42 Å². The molecule has 9 aromatic rings. The monoisotopic (exact) mass is 640 g/mol. The van der Waals surface area contributed by atoms with Crippen LogP contribution in [0.3, 0.4) is 0 Å². The summed E-state index contributed by atoms with van der Waals surface area (Å²) in [6.07, 6.45) is 5.76. The number of para-hydroxylation sites is 3. The van der Waals surface area contributed by atoms with Gasteiger partial charge in [0, 0.05) is 43.9 Å². The molecule has 3 aromatic heterocycles. The van der Waals surface area contributed by atoms with Gasteiger partial charge in [0.05, 0.1) is 22.1 Å². The third-order valence-electron chi connectivity index (χ3n) is 9.60. The molecular formula is C45H28N4O. The molecule has 5 heteroatoms. The SMILES string of the molecule is C#CC(=NC(=C)C#N)c1oc2ccc(-n3c4ccccc4c4cc(-c5ccc6c(c5)c5ccccc5n6-c5ccccc5)ccc43)cc2c1C. The van der Waals surface area contributed by atoms with Crippen LogP contribution in [0.5, 0.6) is 0 Å². The average Bonchev–Trinajstić information content (AvgIpc) is 3.80. The van der Waals surface area contributed by atoms with E-state index in [0.29, 0.717) is 11.3 Å². The van der Waals surface area contributed by atoms with E-state index < -0.39 is 0 Å². The minimum atomic E-state index is 0.0296. The van der Waals surface area contributed by atoms with Crippen LogP contribution >= 0.6 is 0 Å². The second-order valence-corrected chi connectivity index (χ2v) is 12.4. The van der Waals surface area contributed by atoms with Crippen molar-refractivity contribution >= 4 is 60.3 Å². The molecule has 3 heterocycles. The number of nitriles is 1. The Morgan fingerprint density at radius 2 is 1.20 bits per heavy atom. The number of hydrogen-bond acceptors (Lipinski definition) is 3. The largest absolute Gasteiger partial charge is 0.453 e. The van der Waals surface area contributed by atoms with Crippen molar-refractivity contribution in [3.8, 4) is 40.9 Å². The van der Waals surface area contributed by atoms with Crippen molar-refractivity contribution in [2.24, 2.45) is 4.99 Å². The minimum Gasteiger partial charge on any atom is -0.453 e. The number of allylic oxidation sites excluding steroid dienone is 1. The van der Waals surface area contributed by atoms with Gasteiger partial charge in [-0.25, -0.2) is 4.99 Å². The number of furan rings is 1. The highest BCUT2D eigenvalue weighted by Crippen LogP contribution is 2.39. The van der Waals surface area contributed by atoms with Crippen LogP contribution in [0.15, 0.2) is 155 Å². The summed E-state index contributed by atoms with van der Waals surface area (Å²) in [7, 11) is 0. The van der Waals surface area contributed by atoms with E-state index in [2.05, 4.69) is 154 Å². The van der Waals surface area contributed by atoms with E-state index >= 15 is 0 Å². The van der Waals surface area contributed by atoms with Crippen LogP contribution in [0.4, 0.5) is 0 Å². The average molecular weight is 641 g/mol. The topological polar surface area (TPSA) is 59.1 Å². The molecule has 9 rings (SSSR count). The van der Waals surface area contributed by atoms with Crippen molar-refractivity contribution in [1.29, 1.82) is 5.26 Å². The first-order chi connectivity index (χ1) is 24.5. The Bertz CT molecular complexity index is 2970. The Morgan fingerprint density at radius 1 is 0.640 bits per heavy atom. The van der Waals surface area contributed by atoms with E-state index in [0.717, 1.165) is 38.9 Å². The van der Waals surface area contributed by atoms with Crippen LogP contribution in [0.1, 0.15) is 11.3 Å². The highest BCUT2D eigenvalue weighted by molar-refractivity contribution is 6.15. The molecule has 0 radical (unpaired) electrons. The van der Waals surface area contributed by atoms with Gasteiger partial charge in [0.25, 0.3) is 0 Å². The first-order valence-electron chi connectivity index (χ1n) is 16.3. The van der Waals surface area contributed by atoms with Gasteiger partial charge in [-0.3, -0.25) is 0 Å². The smallest absolute Gasteiger partial charge is 0.165 e. The van der Waals surface area contributed by atoms with Crippen molar-refractivity contribution in [2.75, 3.05) is 0 Å². The maximum Gasteiger partial charge on any atom is 0.165 e. The van der Waals surface area contributed by atoms with Crippen molar-refractivity contribution in [2.45, 2.75) is 6.92 Å². The van der Waals surface area contributed by atoms with Gasteiger partial charge in [-0.2, -0.15) is 5.26 Å². The summed E-state index contributed by atoms with van der Waals surface area (Å²) >= 11 is 0. The lowest BCUT2D eigenvalue weighted by Crippen LogP contribution is -1.98. The van der Waals surface area contributed by atoms with E-state index in [1.54, 1.807) is 0 Å². The number of rotatable bonds is 5. The van der Waals surface area contributed by atoms with Crippen LogP contribution in [0.25, 0.3) is 77.1 Å². The molecule has 0 atom stereocenters. The van der Waals surface area contributed by atoms with Crippen LogP contribution in [0.2, 0.25) is 0 Å². The lowest BCUT2D eigenvalue weighted by atomic mass is 10.0. The molecule has 0 N–H and O–H groups in total. The molecule has 234 valence electrons. The molecule has 0 unspecified atom stereocenters. The Kier molecular flexibility index (Phi) is 6.56. The van der Waals surface area contributed by atoms with Gasteiger partial charge in [0.15, 0.2) is 11.5 Å². The zero-order valence-electron chi connectivity index (χ0n) is 27.2. The van der Waals surface area contributed by atoms with Gasteiger partial charge in [0.2, 0.25) is 0 Å². The first-order valence-corrected chi connectivity index (χ1v) is 16.3. The fourth-order valence-electron chi connectivity index (χ4n) is 7.32. The fourth-order valence-corrected chi connectivity index (χ4v) is 7.32. The van der Waals surface area contributed by atoms with Gasteiger partial charge in [-0.05, 0) is 90.7 Å². The number of hydrogen-bond donors (Lipinski definition) is 0. The molecule has 50 heavy (non-hydrogen) atoms. The molecule has 0 fully saturated rings. The standard InChI is InChI=1S/C45H28N4O/c1-4-39(47-28(2)27-46)45-29(3)36-26-33(20-23-44(36)50-45)49-41-17-11-9-15-35(41)38-25-31(19-22-43(38)49)30-18-21-42-37(24-30)34-14-8-10-16-40(34)48(42)32-12-6-5-7-13-32/h1,5-26H,2H2,3H3. The number of nitrogens with zero attached hydrogens (tertiary/aromatic N) is 4. The Hall–Kier alpha value is -7.08. The van der Waals surface area contributed by atoms with Crippen molar-refractivity contribution in [3.05, 3.63) is 157 Å². The summed E-state index contributed by atoms with van der Waals surface area (Å²) in [6.45, 7) is 5.61. The number of aromatic nitrogens is 2. The number of aryl methyl sites for hydroxylation is 1. The predicted octanol–water partition coefficient (Wildman–Crippen LogP) is 11.1. The van der Waals surface area contributed by atoms with Gasteiger partial charge < -0.3 is 13.6 Å². The summed E-state index contributed by atoms with van der Waals surface area (Å²) in [5, 5.41) is 14.9. The quantitative estimate of drug-likeness (QED) is 0.107. The lowest BCUT2D eigenvalue weighted by molar-refractivity contribution is 0.603. The van der Waals surface area contributed by atoms with E-state index in [9.17, 15) is 5.26 Å². The molecule has 0 saturated carbocycles. The highest BCUT2D eigenvalue weighted by Gasteiger charge is 2.19. The minimum absolute atomic E-state index is 0.0296. The number of benzene rings is 6. The molecule has 0 amide bonds. The Balaban J connectivity index is 1.20. The molecule has 5 nitrogen and oxygen atoms in total. The van der Waals surface area contributed by atoms with Crippen LogP contribution < -0.4 is 0 Å². The number of fused-ring (bicyclic) bond motifs is 7. The summed E-state index contributed by atoms with van der Waals surface area (Å²) in [4.78, 5) is 4.20. The zero-order chi connectivity index (χ0) is 33.9. The first kappa shape index (κ1) is 29.1. The van der Waals surface area contributed by atoms with E-state index in [4.69, 9.17) is 10.8 Å². The van der Waals surface area contributed by atoms with Gasteiger partial charge >= 0.3 is 0 Å². The predicted molar refractivity (Wildman–Crippen MR) is 205 cm³/mol. The third-order valence-corrected chi connectivity index (χ3v) is 9.60. The van der Waals surface area contributed by atoms with Crippen LogP contribution in [0, 0.1) is 30.6 Å². The maximum atomic E-state index is 9.19. The normalized spacial score (nSPS) is 11.9. The molecule has 6 aromatic carbocycles. The van der Waals surface area contributed by atoms with Crippen molar-refractivity contribution in [1.82, 2.24) is 9.13 Å². The highest BCUT2D eigenvalue weighted by atomic mass is 16.3. The Morgan fingerprint density at radius 3 is 1.80 bits per heavy atom. The molecule has 0 spiro atoms. The van der Waals surface area contributed by atoms with Crippen molar-refractivity contribution in [3.63, 3.8) is 0 Å². The molecule has 0 bridgehead atoms. The summed E-state index contributed by atoms with van der Waals surface area (Å²) in [5.41, 5.74) is 10.9. The van der Waals surface area contributed by atoms with E-state index in [-0.39, 0.29) is 11.4 Å². The van der Waals surface area contributed by atoms with E-state index in [1.807, 2.05) is 19.1 Å². The summed E-state index contributed by atoms with van der Waals surface area (Å²) in [6, 6.07) is 49.3. The van der Waals surface area contributed by atoms with Crippen LogP contribution in [-0.4, -0.2) is 14.8 Å². The maximum absolute atomic E-state index is 9.19. The van der Waals surface area contributed by atoms with Gasteiger partial charge in [-0.15, -0.1) is 6.42 Å². The fraction of sp³-hybridized carbons (Fsp3) is 0.0222. The molecule has 0 aliphatic heterocycles. The molecule has 0 aliphatic rings. The molecular weight excluding hydrogens is 613 g/mol. The lowest BCUT2D eigenvalue weighted by Gasteiger charge is -2.09. The van der Waals surface area contributed by atoms with Crippen LogP contribution in [-0.2, 0) is 0 Å². The van der Waals surface area contributed by atoms with Gasteiger partial charge in [-0.1, -0.05) is 73.3 Å². The van der Waals surface area contributed by atoms with E-state index in [1.165, 1.54) is 38.1 Å². The van der Waals surface area contributed by atoms with Gasteiger partial charge in [0.1, 0.15) is 17.3 Å². The number of terminal acetylenes is 1. The Labute approximate surface area is 288 Å². The second kappa shape index (κ2) is 11.3. The summed E-state index contributed by atoms with van der Waals surface area (Å²) < 4.78 is 10.8. The zero-order valence-corrected chi connectivity index (χ0v) is 27.2. The second-order valence-electron chi connectivity index (χ2n) is 12.4. The molecule has 0 aliphatic carbocycles. The third kappa shape index (κ3) is 4.39.